The molecule has 3 N–H and O–H groups in total. The second-order valence-corrected chi connectivity index (χ2v) is 3.47. The maximum atomic E-state index is 5.47. The molecule has 1 aromatic heterocycles. The molecule has 2 heterocycles. The van der Waals surface area contributed by atoms with E-state index in [9.17, 15) is 0 Å². The Labute approximate surface area is 82.4 Å². The molecule has 0 amide bonds. The van der Waals surface area contributed by atoms with Gasteiger partial charge in [0.15, 0.2) is 0 Å². The van der Waals surface area contributed by atoms with Gasteiger partial charge in [-0.2, -0.15) is 4.98 Å². The first-order valence-electron chi connectivity index (χ1n) is 4.75. The number of hydrogen-bond acceptors (Lipinski definition) is 5. The predicted molar refractivity (Wildman–Crippen MR) is 53.0 cm³/mol. The van der Waals surface area contributed by atoms with Gasteiger partial charge in [-0.1, -0.05) is 0 Å². The molecule has 1 aliphatic heterocycles. The smallest absolute Gasteiger partial charge is 0.246 e. The number of anilines is 2. The fourth-order valence-electron chi connectivity index (χ4n) is 1.72. The standard InChI is InChI=1S/C8H15N5O/c1-14-6-3-2-4-13(5-6)8-10-7(9)11-12-8/h6H,2-5H2,1H3,(H3,9,10,11,12). The summed E-state index contributed by atoms with van der Waals surface area (Å²) in [5, 5.41) is 6.65. The fraction of sp³-hybridized carbons (Fsp3) is 0.750. The van der Waals surface area contributed by atoms with Crippen LogP contribution in [0, 0.1) is 0 Å². The number of nitrogen functional groups attached to an aromatic ring is 1. The third-order valence-corrected chi connectivity index (χ3v) is 2.49. The Morgan fingerprint density at radius 2 is 2.50 bits per heavy atom. The molecular formula is C8H15N5O. The number of methoxy groups -OCH3 is 1. The van der Waals surface area contributed by atoms with Gasteiger partial charge in [0.05, 0.1) is 6.10 Å². The van der Waals surface area contributed by atoms with E-state index >= 15 is 0 Å². The van der Waals surface area contributed by atoms with E-state index < -0.39 is 0 Å². The molecule has 0 spiro atoms. The molecule has 14 heavy (non-hydrogen) atoms. The van der Waals surface area contributed by atoms with Crippen LogP contribution < -0.4 is 10.6 Å². The molecule has 0 saturated carbocycles. The third-order valence-electron chi connectivity index (χ3n) is 2.49. The van der Waals surface area contributed by atoms with Crippen LogP contribution in [-0.2, 0) is 4.74 Å². The lowest BCUT2D eigenvalue weighted by Gasteiger charge is -2.30. The number of hydrogen-bond donors (Lipinski definition) is 2. The highest BCUT2D eigenvalue weighted by Crippen LogP contribution is 2.17. The van der Waals surface area contributed by atoms with Crippen LogP contribution in [0.2, 0.25) is 0 Å². The van der Waals surface area contributed by atoms with Gasteiger partial charge in [-0.05, 0) is 12.8 Å². The van der Waals surface area contributed by atoms with Crippen LogP contribution in [0.5, 0.6) is 0 Å². The maximum absolute atomic E-state index is 5.47. The summed E-state index contributed by atoms with van der Waals surface area (Å²) in [6, 6.07) is 0. The second kappa shape index (κ2) is 3.83. The number of aromatic amines is 1. The number of nitrogens with zero attached hydrogens (tertiary/aromatic N) is 3. The van der Waals surface area contributed by atoms with Gasteiger partial charge in [0.25, 0.3) is 0 Å². The predicted octanol–water partition coefficient (Wildman–Crippen LogP) is 0.00210. The number of nitrogens with one attached hydrogen (secondary N) is 1. The molecule has 0 aliphatic carbocycles. The van der Waals surface area contributed by atoms with Gasteiger partial charge in [0.1, 0.15) is 0 Å². The van der Waals surface area contributed by atoms with Gasteiger partial charge in [-0.25, -0.2) is 5.10 Å². The van der Waals surface area contributed by atoms with Crippen molar-refractivity contribution >= 4 is 11.9 Å². The van der Waals surface area contributed by atoms with Crippen molar-refractivity contribution in [3.63, 3.8) is 0 Å². The van der Waals surface area contributed by atoms with E-state index in [0.717, 1.165) is 25.9 Å². The highest BCUT2D eigenvalue weighted by atomic mass is 16.5. The van der Waals surface area contributed by atoms with Crippen molar-refractivity contribution in [2.24, 2.45) is 0 Å². The van der Waals surface area contributed by atoms with Crippen LogP contribution in [0.15, 0.2) is 0 Å². The summed E-state index contributed by atoms with van der Waals surface area (Å²) in [6.07, 6.45) is 2.49. The minimum absolute atomic E-state index is 0.281. The van der Waals surface area contributed by atoms with Crippen LogP contribution in [0.1, 0.15) is 12.8 Å². The normalized spacial score (nSPS) is 22.6. The lowest BCUT2D eigenvalue weighted by atomic mass is 10.1. The number of nitrogens with two attached hydrogens (primary N) is 1. The molecule has 6 nitrogen and oxygen atoms in total. The van der Waals surface area contributed by atoms with Crippen LogP contribution >= 0.6 is 0 Å². The Morgan fingerprint density at radius 3 is 3.14 bits per heavy atom. The van der Waals surface area contributed by atoms with Crippen LogP contribution in [0.4, 0.5) is 11.9 Å². The highest BCUT2D eigenvalue weighted by Gasteiger charge is 2.21. The zero-order valence-electron chi connectivity index (χ0n) is 8.23. The SMILES string of the molecule is COC1CCCN(c2n[nH]c(N)n2)C1. The molecule has 2 rings (SSSR count). The molecule has 78 valence electrons. The van der Waals surface area contributed by atoms with E-state index in [0.29, 0.717) is 11.9 Å². The quantitative estimate of drug-likeness (QED) is 0.697. The Bertz CT molecular complexity index is 300. The molecule has 0 radical (unpaired) electrons. The minimum Gasteiger partial charge on any atom is -0.380 e. The average molecular weight is 197 g/mol. The first-order valence-corrected chi connectivity index (χ1v) is 4.75. The first-order chi connectivity index (χ1) is 6.79. The molecule has 1 atom stereocenters. The van der Waals surface area contributed by atoms with Crippen LogP contribution in [0.3, 0.4) is 0 Å². The number of H-pyrrole nitrogens is 1. The number of ether oxygens (including phenoxy) is 1. The van der Waals surface area contributed by atoms with Crippen molar-refractivity contribution in [1.82, 2.24) is 15.2 Å². The van der Waals surface area contributed by atoms with Gasteiger partial charge in [0, 0.05) is 20.2 Å². The van der Waals surface area contributed by atoms with Crippen molar-refractivity contribution < 1.29 is 4.74 Å². The number of aromatic nitrogens is 3. The largest absolute Gasteiger partial charge is 0.380 e. The molecule has 1 saturated heterocycles. The molecule has 0 bridgehead atoms. The summed E-state index contributed by atoms with van der Waals surface area (Å²) in [5.41, 5.74) is 5.47. The third kappa shape index (κ3) is 1.79. The molecule has 1 aliphatic rings. The van der Waals surface area contributed by atoms with E-state index in [1.54, 1.807) is 7.11 Å². The topological polar surface area (TPSA) is 80.1 Å². The lowest BCUT2D eigenvalue weighted by molar-refractivity contribution is 0.0889. The van der Waals surface area contributed by atoms with Crippen molar-refractivity contribution in [3.05, 3.63) is 0 Å². The zero-order chi connectivity index (χ0) is 9.97. The minimum atomic E-state index is 0.281. The van der Waals surface area contributed by atoms with Crippen molar-refractivity contribution in [1.29, 1.82) is 0 Å². The Kier molecular flexibility index (Phi) is 2.53. The molecule has 0 aromatic carbocycles. The van der Waals surface area contributed by atoms with Gasteiger partial charge in [-0.3, -0.25) is 0 Å². The molecule has 1 fully saturated rings. The zero-order valence-corrected chi connectivity index (χ0v) is 8.23. The Balaban J connectivity index is 2.04. The van der Waals surface area contributed by atoms with Gasteiger partial charge >= 0.3 is 0 Å². The number of piperidine rings is 1. The Morgan fingerprint density at radius 1 is 1.64 bits per heavy atom. The van der Waals surface area contributed by atoms with E-state index in [-0.39, 0.29) is 6.10 Å². The van der Waals surface area contributed by atoms with Gasteiger partial charge < -0.3 is 15.4 Å². The summed E-state index contributed by atoms with van der Waals surface area (Å²) >= 11 is 0. The summed E-state index contributed by atoms with van der Waals surface area (Å²) < 4.78 is 5.31. The monoisotopic (exact) mass is 197 g/mol. The number of rotatable bonds is 2. The van der Waals surface area contributed by atoms with E-state index in [1.165, 1.54) is 0 Å². The van der Waals surface area contributed by atoms with E-state index in [4.69, 9.17) is 10.5 Å². The Hall–Kier alpha value is -1.30. The van der Waals surface area contributed by atoms with Gasteiger partial charge in [-0.15, -0.1) is 5.10 Å². The molecule has 6 heteroatoms. The first kappa shape index (κ1) is 9.26. The van der Waals surface area contributed by atoms with Crippen molar-refractivity contribution in [2.75, 3.05) is 30.8 Å². The summed E-state index contributed by atoms with van der Waals surface area (Å²) in [4.78, 5) is 6.17. The van der Waals surface area contributed by atoms with Crippen molar-refractivity contribution in [2.45, 2.75) is 18.9 Å². The maximum Gasteiger partial charge on any atom is 0.246 e. The summed E-state index contributed by atoms with van der Waals surface area (Å²) in [6.45, 7) is 1.81. The molecule has 1 aromatic rings. The van der Waals surface area contributed by atoms with Crippen LogP contribution in [-0.4, -0.2) is 41.5 Å². The van der Waals surface area contributed by atoms with Crippen molar-refractivity contribution in [3.8, 4) is 0 Å². The molecule has 1 unspecified atom stereocenters. The fourth-order valence-corrected chi connectivity index (χ4v) is 1.72. The van der Waals surface area contributed by atoms with E-state index in [1.807, 2.05) is 0 Å². The summed E-state index contributed by atoms with van der Waals surface area (Å²) in [7, 11) is 1.74. The van der Waals surface area contributed by atoms with Crippen LogP contribution in [0.25, 0.3) is 0 Å². The van der Waals surface area contributed by atoms with E-state index in [2.05, 4.69) is 20.1 Å². The summed E-state index contributed by atoms with van der Waals surface area (Å²) in [5.74, 6) is 1.03. The second-order valence-electron chi connectivity index (χ2n) is 3.47. The van der Waals surface area contributed by atoms with Gasteiger partial charge in [0.2, 0.25) is 11.9 Å². The lowest BCUT2D eigenvalue weighted by Crippen LogP contribution is -2.39. The average Bonchev–Trinajstić information content (AvgIpc) is 2.65. The highest BCUT2D eigenvalue weighted by molar-refractivity contribution is 5.34. The molecular weight excluding hydrogens is 182 g/mol.